The van der Waals surface area contributed by atoms with E-state index in [4.69, 9.17) is 0 Å². The number of aromatic nitrogens is 6. The number of aromatic amines is 1. The van der Waals surface area contributed by atoms with Crippen molar-refractivity contribution < 1.29 is 9.50 Å². The SMILES string of the molecule is OC(CC1c2c(F)cccc2-c2cncn21)C12CC3CC(C1)C(c1nnn[nH]1)C(C3)C2. The molecule has 160 valence electrons. The third kappa shape index (κ3) is 2.42. The maximum atomic E-state index is 14.9. The van der Waals surface area contributed by atoms with E-state index in [9.17, 15) is 9.50 Å². The highest BCUT2D eigenvalue weighted by Gasteiger charge is 2.59. The van der Waals surface area contributed by atoms with Crippen LogP contribution in [0.2, 0.25) is 0 Å². The monoisotopic (exact) mass is 420 g/mol. The van der Waals surface area contributed by atoms with Crippen molar-refractivity contribution in [2.45, 2.75) is 56.6 Å². The number of tetrazole rings is 1. The molecule has 0 saturated heterocycles. The summed E-state index contributed by atoms with van der Waals surface area (Å²) < 4.78 is 16.9. The number of rotatable bonds is 4. The third-order valence-electron chi connectivity index (χ3n) is 8.82. The zero-order chi connectivity index (χ0) is 20.7. The Kier molecular flexibility index (Phi) is 3.61. The smallest absolute Gasteiger partial charge is 0.152 e. The fraction of sp³-hybridized carbons (Fsp3) is 0.565. The summed E-state index contributed by atoms with van der Waals surface area (Å²) in [5.74, 6) is 2.77. The standard InChI is InChI=1S/C23H25FN6O/c24-16-3-1-2-15-18-10-25-11-30(18)17(21(15)16)6-19(31)23-7-12-4-13(8-23)20(14(5-12)9-23)22-26-28-29-27-22/h1-3,10-14,17,19-20,31H,4-9H2,(H,26,27,28,29). The molecule has 0 radical (unpaired) electrons. The maximum absolute atomic E-state index is 14.9. The van der Waals surface area contributed by atoms with Gasteiger partial charge in [-0.1, -0.05) is 12.1 Å². The average molecular weight is 420 g/mol. The van der Waals surface area contributed by atoms with Gasteiger partial charge in [0.05, 0.1) is 30.4 Å². The Morgan fingerprint density at radius 2 is 2.06 bits per heavy atom. The number of nitrogens with zero attached hydrogens (tertiary/aromatic N) is 5. The second kappa shape index (κ2) is 6.22. The lowest BCUT2D eigenvalue weighted by molar-refractivity contribution is -0.135. The first-order valence-corrected chi connectivity index (χ1v) is 11.4. The second-order valence-electron chi connectivity index (χ2n) is 10.3. The molecular formula is C23H25FN6O. The second-order valence-corrected chi connectivity index (χ2v) is 10.3. The number of hydrogen-bond donors (Lipinski definition) is 2. The molecule has 1 aliphatic heterocycles. The molecule has 1 aromatic carbocycles. The molecule has 2 aromatic heterocycles. The van der Waals surface area contributed by atoms with Crippen LogP contribution < -0.4 is 0 Å². The lowest BCUT2D eigenvalue weighted by atomic mass is 9.44. The fourth-order valence-corrected chi connectivity index (χ4v) is 7.94. The van der Waals surface area contributed by atoms with Crippen LogP contribution in [0.5, 0.6) is 0 Å². The van der Waals surface area contributed by atoms with E-state index in [1.54, 1.807) is 18.6 Å². The Hall–Kier alpha value is -2.61. The first-order chi connectivity index (χ1) is 15.1. The van der Waals surface area contributed by atoms with Gasteiger partial charge in [0, 0.05) is 17.0 Å². The summed E-state index contributed by atoms with van der Waals surface area (Å²) in [7, 11) is 0. The van der Waals surface area contributed by atoms with Gasteiger partial charge in [0.1, 0.15) is 5.82 Å². The molecule has 4 unspecified atom stereocenters. The highest BCUT2D eigenvalue weighted by atomic mass is 19.1. The minimum Gasteiger partial charge on any atom is -0.392 e. The molecule has 31 heavy (non-hydrogen) atoms. The Labute approximate surface area is 179 Å². The van der Waals surface area contributed by atoms with Crippen molar-refractivity contribution in [1.82, 2.24) is 30.2 Å². The molecule has 7 nitrogen and oxygen atoms in total. The highest BCUT2D eigenvalue weighted by Crippen LogP contribution is 2.66. The highest BCUT2D eigenvalue weighted by molar-refractivity contribution is 5.69. The van der Waals surface area contributed by atoms with Gasteiger partial charge in [0.15, 0.2) is 5.82 Å². The zero-order valence-corrected chi connectivity index (χ0v) is 17.2. The van der Waals surface area contributed by atoms with Crippen molar-refractivity contribution in [2.24, 2.45) is 23.2 Å². The Morgan fingerprint density at radius 1 is 1.23 bits per heavy atom. The fourth-order valence-electron chi connectivity index (χ4n) is 7.94. The van der Waals surface area contributed by atoms with Gasteiger partial charge in [-0.05, 0) is 78.2 Å². The Morgan fingerprint density at radius 3 is 2.84 bits per heavy atom. The number of aliphatic hydroxyl groups excluding tert-OH is 1. The van der Waals surface area contributed by atoms with Gasteiger partial charge in [-0.15, -0.1) is 5.10 Å². The van der Waals surface area contributed by atoms with Crippen molar-refractivity contribution in [3.8, 4) is 11.3 Å². The first-order valence-electron chi connectivity index (χ1n) is 11.4. The summed E-state index contributed by atoms with van der Waals surface area (Å²) >= 11 is 0. The molecule has 5 aliphatic rings. The van der Waals surface area contributed by atoms with E-state index in [2.05, 4.69) is 25.6 Å². The summed E-state index contributed by atoms with van der Waals surface area (Å²) in [6.07, 6.45) is 9.10. The van der Waals surface area contributed by atoms with Gasteiger partial charge in [0.2, 0.25) is 0 Å². The topological polar surface area (TPSA) is 92.5 Å². The minimum absolute atomic E-state index is 0.0881. The van der Waals surface area contributed by atoms with Gasteiger partial charge in [0.25, 0.3) is 0 Å². The number of H-pyrrole nitrogens is 1. The average Bonchev–Trinajstić information content (AvgIpc) is 3.47. The lowest BCUT2D eigenvalue weighted by Crippen LogP contribution is -2.55. The number of fused-ring (bicyclic) bond motifs is 3. The molecule has 0 spiro atoms. The number of benzene rings is 1. The van der Waals surface area contributed by atoms with E-state index in [1.165, 1.54) is 18.9 Å². The van der Waals surface area contributed by atoms with Crippen LogP contribution in [0.1, 0.15) is 61.9 Å². The molecule has 4 atom stereocenters. The van der Waals surface area contributed by atoms with Crippen molar-refractivity contribution >= 4 is 0 Å². The number of imidazole rings is 1. The number of halogens is 1. The molecule has 4 bridgehead atoms. The van der Waals surface area contributed by atoms with Crippen LogP contribution in [0.4, 0.5) is 4.39 Å². The summed E-state index contributed by atoms with van der Waals surface area (Å²) in [6.45, 7) is 0. The number of hydrogen-bond acceptors (Lipinski definition) is 5. The predicted molar refractivity (Wildman–Crippen MR) is 109 cm³/mol. The van der Waals surface area contributed by atoms with E-state index in [0.717, 1.165) is 36.3 Å². The van der Waals surface area contributed by atoms with Gasteiger partial charge >= 0.3 is 0 Å². The van der Waals surface area contributed by atoms with Crippen LogP contribution in [0.3, 0.4) is 0 Å². The van der Waals surface area contributed by atoms with E-state index in [1.807, 2.05) is 10.6 Å². The number of aliphatic hydroxyl groups is 1. The Balaban J connectivity index is 1.21. The summed E-state index contributed by atoms with van der Waals surface area (Å²) in [5, 5.41) is 26.5. The summed E-state index contributed by atoms with van der Waals surface area (Å²) in [4.78, 5) is 4.30. The van der Waals surface area contributed by atoms with Gasteiger partial charge in [-0.25, -0.2) is 14.5 Å². The van der Waals surface area contributed by atoms with Crippen LogP contribution in [0, 0.1) is 29.0 Å². The molecular weight excluding hydrogens is 395 g/mol. The first kappa shape index (κ1) is 18.0. The molecule has 0 amide bonds. The van der Waals surface area contributed by atoms with E-state index in [0.29, 0.717) is 35.7 Å². The van der Waals surface area contributed by atoms with E-state index < -0.39 is 6.10 Å². The largest absolute Gasteiger partial charge is 0.392 e. The lowest BCUT2D eigenvalue weighted by Gasteiger charge is -2.61. The van der Waals surface area contributed by atoms with Crippen LogP contribution in [-0.2, 0) is 0 Å². The normalized spacial score (nSPS) is 35.9. The molecule has 4 saturated carbocycles. The van der Waals surface area contributed by atoms with Crippen molar-refractivity contribution in [1.29, 1.82) is 0 Å². The van der Waals surface area contributed by atoms with E-state index in [-0.39, 0.29) is 17.3 Å². The number of nitrogens with one attached hydrogen (secondary N) is 1. The zero-order valence-electron chi connectivity index (χ0n) is 17.2. The Bertz CT molecular complexity index is 1130. The third-order valence-corrected chi connectivity index (χ3v) is 8.82. The minimum atomic E-state index is -0.472. The maximum Gasteiger partial charge on any atom is 0.152 e. The van der Waals surface area contributed by atoms with Crippen LogP contribution in [-0.4, -0.2) is 41.4 Å². The van der Waals surface area contributed by atoms with E-state index >= 15 is 0 Å². The molecule has 4 fully saturated rings. The molecule has 4 aliphatic carbocycles. The summed E-state index contributed by atoms with van der Waals surface area (Å²) in [6, 6.07) is 5.03. The molecule has 2 N–H and O–H groups in total. The molecule has 3 aromatic rings. The van der Waals surface area contributed by atoms with Crippen LogP contribution in [0.15, 0.2) is 30.7 Å². The van der Waals surface area contributed by atoms with Crippen molar-refractivity contribution in [3.63, 3.8) is 0 Å². The molecule has 3 heterocycles. The summed E-state index contributed by atoms with van der Waals surface area (Å²) in [5.41, 5.74) is 2.46. The predicted octanol–water partition coefficient (Wildman–Crippen LogP) is 3.47. The van der Waals surface area contributed by atoms with Crippen LogP contribution >= 0.6 is 0 Å². The molecule has 8 heteroatoms. The van der Waals surface area contributed by atoms with Gasteiger partial charge < -0.3 is 9.67 Å². The van der Waals surface area contributed by atoms with Crippen molar-refractivity contribution in [3.05, 3.63) is 47.9 Å². The quantitative estimate of drug-likeness (QED) is 0.674. The van der Waals surface area contributed by atoms with Gasteiger partial charge in [-0.2, -0.15) is 0 Å². The van der Waals surface area contributed by atoms with Crippen LogP contribution in [0.25, 0.3) is 11.3 Å². The van der Waals surface area contributed by atoms with Crippen molar-refractivity contribution in [2.75, 3.05) is 0 Å². The molecule has 8 rings (SSSR count). The van der Waals surface area contributed by atoms with Gasteiger partial charge in [-0.3, -0.25) is 0 Å².